The van der Waals surface area contributed by atoms with Gasteiger partial charge in [0.2, 0.25) is 5.95 Å². The minimum absolute atomic E-state index is 0.674. The molecule has 11 aromatic rings. The van der Waals surface area contributed by atoms with Gasteiger partial charge in [0.1, 0.15) is 0 Å². The minimum Gasteiger partial charge on any atom is -0.309 e. The van der Waals surface area contributed by atoms with Crippen LogP contribution < -0.4 is 0 Å². The molecular formula is C46H28N4S. The van der Waals surface area contributed by atoms with Gasteiger partial charge in [0, 0.05) is 42.8 Å². The summed E-state index contributed by atoms with van der Waals surface area (Å²) < 4.78 is 6.92. The monoisotopic (exact) mass is 668 g/mol. The first kappa shape index (κ1) is 28.3. The van der Waals surface area contributed by atoms with Crippen molar-refractivity contribution >= 4 is 75.3 Å². The first-order chi connectivity index (χ1) is 25.3. The Labute approximate surface area is 297 Å². The molecular weight excluding hydrogens is 641 g/mol. The van der Waals surface area contributed by atoms with Crippen LogP contribution in [0.3, 0.4) is 0 Å². The van der Waals surface area contributed by atoms with E-state index in [1.54, 1.807) is 11.3 Å². The first-order valence-corrected chi connectivity index (χ1v) is 18.0. The Morgan fingerprint density at radius 3 is 1.80 bits per heavy atom. The maximum Gasteiger partial charge on any atom is 0.235 e. The van der Waals surface area contributed by atoms with Crippen molar-refractivity contribution in [3.8, 4) is 33.9 Å². The van der Waals surface area contributed by atoms with Crippen LogP contribution in [0.5, 0.6) is 0 Å². The normalized spacial score (nSPS) is 11.9. The molecule has 0 atom stereocenters. The quantitative estimate of drug-likeness (QED) is 0.187. The molecule has 4 heterocycles. The third-order valence-corrected chi connectivity index (χ3v) is 11.3. The van der Waals surface area contributed by atoms with Crippen molar-refractivity contribution in [3.05, 3.63) is 170 Å². The van der Waals surface area contributed by atoms with Gasteiger partial charge < -0.3 is 4.57 Å². The molecule has 0 aliphatic heterocycles. The summed E-state index contributed by atoms with van der Waals surface area (Å²) in [5.41, 5.74) is 11.4. The molecule has 51 heavy (non-hydrogen) atoms. The molecule has 5 heteroatoms. The Bertz CT molecular complexity index is 3090. The molecule has 0 amide bonds. The van der Waals surface area contributed by atoms with Gasteiger partial charge in [-0.25, -0.2) is 9.97 Å². The smallest absolute Gasteiger partial charge is 0.235 e. The van der Waals surface area contributed by atoms with Gasteiger partial charge >= 0.3 is 0 Å². The Balaban J connectivity index is 1.14. The highest BCUT2D eigenvalue weighted by molar-refractivity contribution is 7.25. The highest BCUT2D eigenvalue weighted by Crippen LogP contribution is 2.41. The van der Waals surface area contributed by atoms with E-state index in [1.807, 2.05) is 6.20 Å². The summed E-state index contributed by atoms with van der Waals surface area (Å²) in [6.45, 7) is 0. The summed E-state index contributed by atoms with van der Waals surface area (Å²) in [6.07, 6.45) is 2.00. The zero-order valence-electron chi connectivity index (χ0n) is 27.4. The van der Waals surface area contributed by atoms with E-state index < -0.39 is 0 Å². The lowest BCUT2D eigenvalue weighted by Crippen LogP contribution is -2.01. The van der Waals surface area contributed by atoms with Crippen molar-refractivity contribution in [2.45, 2.75) is 0 Å². The van der Waals surface area contributed by atoms with E-state index in [0.717, 1.165) is 43.5 Å². The number of nitrogens with zero attached hydrogens (tertiary/aromatic N) is 4. The van der Waals surface area contributed by atoms with Gasteiger partial charge in [-0.3, -0.25) is 4.57 Å². The summed E-state index contributed by atoms with van der Waals surface area (Å²) in [4.78, 5) is 10.4. The molecule has 0 saturated heterocycles. The highest BCUT2D eigenvalue weighted by atomic mass is 32.1. The number of fused-ring (bicyclic) bond motifs is 9. The van der Waals surface area contributed by atoms with Gasteiger partial charge in [-0.15, -0.1) is 11.3 Å². The van der Waals surface area contributed by atoms with Crippen LogP contribution in [0.25, 0.3) is 97.8 Å². The van der Waals surface area contributed by atoms with Gasteiger partial charge in [-0.1, -0.05) is 127 Å². The molecule has 0 aliphatic carbocycles. The van der Waals surface area contributed by atoms with E-state index in [9.17, 15) is 0 Å². The van der Waals surface area contributed by atoms with Crippen LogP contribution in [-0.4, -0.2) is 19.1 Å². The minimum atomic E-state index is 0.674. The zero-order valence-corrected chi connectivity index (χ0v) is 28.2. The number of hydrogen-bond acceptors (Lipinski definition) is 3. The molecule has 11 rings (SSSR count). The fraction of sp³-hybridized carbons (Fsp3) is 0. The maximum absolute atomic E-state index is 5.39. The van der Waals surface area contributed by atoms with Crippen molar-refractivity contribution in [3.63, 3.8) is 0 Å². The molecule has 7 aromatic carbocycles. The summed E-state index contributed by atoms with van der Waals surface area (Å²) in [5.74, 6) is 0.674. The molecule has 4 aromatic heterocycles. The van der Waals surface area contributed by atoms with Crippen LogP contribution in [0.1, 0.15) is 0 Å². The summed E-state index contributed by atoms with van der Waals surface area (Å²) in [5, 5.41) is 6.03. The van der Waals surface area contributed by atoms with Gasteiger partial charge in [-0.05, 0) is 47.5 Å². The highest BCUT2D eigenvalue weighted by Gasteiger charge is 2.20. The van der Waals surface area contributed by atoms with Gasteiger partial charge in [0.25, 0.3) is 0 Å². The van der Waals surface area contributed by atoms with Gasteiger partial charge in [0.05, 0.1) is 44.2 Å². The number of benzene rings is 7. The topological polar surface area (TPSA) is 35.6 Å². The summed E-state index contributed by atoms with van der Waals surface area (Å²) in [6, 6.07) is 58.7. The zero-order chi connectivity index (χ0) is 33.5. The van der Waals surface area contributed by atoms with Crippen molar-refractivity contribution in [2.75, 3.05) is 0 Å². The molecule has 0 N–H and O–H groups in total. The third-order valence-electron chi connectivity index (χ3n) is 10.2. The molecule has 0 spiro atoms. The van der Waals surface area contributed by atoms with E-state index in [4.69, 9.17) is 9.97 Å². The van der Waals surface area contributed by atoms with Crippen molar-refractivity contribution < 1.29 is 0 Å². The first-order valence-electron chi connectivity index (χ1n) is 17.2. The van der Waals surface area contributed by atoms with Crippen LogP contribution >= 0.6 is 11.3 Å². The lowest BCUT2D eigenvalue weighted by Gasteiger charge is -2.14. The van der Waals surface area contributed by atoms with Crippen LogP contribution in [0.4, 0.5) is 0 Å². The summed E-state index contributed by atoms with van der Waals surface area (Å²) in [7, 11) is 0. The lowest BCUT2D eigenvalue weighted by atomic mass is 10.0. The Morgan fingerprint density at radius 1 is 0.431 bits per heavy atom. The van der Waals surface area contributed by atoms with Gasteiger partial charge in [0.15, 0.2) is 0 Å². The van der Waals surface area contributed by atoms with Gasteiger partial charge in [-0.2, -0.15) is 0 Å². The summed E-state index contributed by atoms with van der Waals surface area (Å²) >= 11 is 1.75. The number of thiophene rings is 1. The number of aromatic nitrogens is 4. The van der Waals surface area contributed by atoms with Crippen molar-refractivity contribution in [1.29, 1.82) is 0 Å². The third kappa shape index (κ3) is 4.19. The molecule has 4 nitrogen and oxygen atoms in total. The van der Waals surface area contributed by atoms with E-state index in [-0.39, 0.29) is 0 Å². The molecule has 0 bridgehead atoms. The molecule has 0 radical (unpaired) electrons. The van der Waals surface area contributed by atoms with Crippen LogP contribution in [0, 0.1) is 0 Å². The Hall–Kier alpha value is -6.56. The fourth-order valence-electron chi connectivity index (χ4n) is 8.00. The van der Waals surface area contributed by atoms with E-state index in [0.29, 0.717) is 5.95 Å². The second-order valence-electron chi connectivity index (χ2n) is 13.0. The SMILES string of the molecule is c1ccc(-c2cccc3c4ccccc4n(-c4ncc5sc6ccc(-c7ccccc7-n7c8ccccc8c8ccccc87)cc6c5n4)c23)cc1. The Kier molecular flexibility index (Phi) is 6.09. The van der Waals surface area contributed by atoms with Crippen molar-refractivity contribution in [1.82, 2.24) is 19.1 Å². The second-order valence-corrected chi connectivity index (χ2v) is 14.1. The largest absolute Gasteiger partial charge is 0.309 e. The van der Waals surface area contributed by atoms with E-state index >= 15 is 0 Å². The number of rotatable bonds is 4. The number of hydrogen-bond donors (Lipinski definition) is 0. The molecule has 238 valence electrons. The molecule has 0 fully saturated rings. The molecule has 0 unspecified atom stereocenters. The van der Waals surface area contributed by atoms with E-state index in [1.165, 1.54) is 48.4 Å². The maximum atomic E-state index is 5.39. The van der Waals surface area contributed by atoms with Crippen LogP contribution in [0.2, 0.25) is 0 Å². The predicted molar refractivity (Wildman–Crippen MR) is 214 cm³/mol. The second kappa shape index (κ2) is 11.0. The molecule has 0 saturated carbocycles. The predicted octanol–water partition coefficient (Wildman–Crippen LogP) is 12.4. The molecule has 0 aliphatic rings. The average Bonchev–Trinajstić information content (AvgIpc) is 3.85. The average molecular weight is 669 g/mol. The van der Waals surface area contributed by atoms with E-state index in [2.05, 4.69) is 173 Å². The standard InChI is InChI=1S/C46H28N4S/c1-2-13-29(14-3-1)32-19-12-20-36-35-18-7-11-24-41(35)50(45(32)36)46-47-28-43-44(48-46)37-27-30(25-26-42(37)51-43)31-15-4-8-21-38(31)49-39-22-9-5-16-33(39)34-17-6-10-23-40(34)49/h1-28H. The van der Waals surface area contributed by atoms with Crippen molar-refractivity contribution in [2.24, 2.45) is 0 Å². The van der Waals surface area contributed by atoms with Crippen LogP contribution in [0.15, 0.2) is 170 Å². The fourth-order valence-corrected chi connectivity index (χ4v) is 8.99. The lowest BCUT2D eigenvalue weighted by molar-refractivity contribution is 1.01. The Morgan fingerprint density at radius 2 is 1.04 bits per heavy atom. The van der Waals surface area contributed by atoms with Crippen LogP contribution in [-0.2, 0) is 0 Å². The number of para-hydroxylation sites is 5.